The van der Waals surface area contributed by atoms with E-state index in [4.69, 9.17) is 0 Å². The van der Waals surface area contributed by atoms with Crippen molar-refractivity contribution >= 4 is 17.5 Å². The molecule has 144 valence electrons. The van der Waals surface area contributed by atoms with Crippen LogP contribution in [0.2, 0.25) is 0 Å². The van der Waals surface area contributed by atoms with E-state index >= 15 is 0 Å². The Hall–Kier alpha value is -2.14. The summed E-state index contributed by atoms with van der Waals surface area (Å²) < 4.78 is 0. The third-order valence-electron chi connectivity index (χ3n) is 6.28. The second-order valence-electron chi connectivity index (χ2n) is 7.95. The molecule has 0 aromatic heterocycles. The highest BCUT2D eigenvalue weighted by molar-refractivity contribution is 6.05. The Morgan fingerprint density at radius 1 is 0.889 bits per heavy atom. The number of likely N-dealkylation sites (tertiary alicyclic amines) is 1. The van der Waals surface area contributed by atoms with E-state index in [1.54, 1.807) is 0 Å². The highest BCUT2D eigenvalue weighted by Crippen LogP contribution is 2.35. The second kappa shape index (κ2) is 7.85. The predicted molar refractivity (Wildman–Crippen MR) is 107 cm³/mol. The van der Waals surface area contributed by atoms with Gasteiger partial charge in [0, 0.05) is 38.4 Å². The van der Waals surface area contributed by atoms with Gasteiger partial charge in [-0.15, -0.1) is 0 Å². The lowest BCUT2D eigenvalue weighted by molar-refractivity contribution is -0.140. The molecular formula is C22H29N3O2. The van der Waals surface area contributed by atoms with Crippen molar-refractivity contribution in [1.82, 2.24) is 9.80 Å². The third-order valence-corrected chi connectivity index (χ3v) is 6.28. The molecule has 1 aliphatic carbocycles. The van der Waals surface area contributed by atoms with E-state index in [9.17, 15) is 9.59 Å². The minimum Gasteiger partial charge on any atom is -0.369 e. The number of rotatable bonds is 5. The number of anilines is 1. The van der Waals surface area contributed by atoms with Crippen molar-refractivity contribution in [2.45, 2.75) is 26.2 Å². The van der Waals surface area contributed by atoms with E-state index in [0.717, 1.165) is 52.0 Å². The zero-order chi connectivity index (χ0) is 18.8. The number of fused-ring (bicyclic) bond motifs is 1. The molecule has 2 saturated heterocycles. The summed E-state index contributed by atoms with van der Waals surface area (Å²) in [4.78, 5) is 31.5. The smallest absolute Gasteiger partial charge is 0.233 e. The first kappa shape index (κ1) is 18.2. The quantitative estimate of drug-likeness (QED) is 0.592. The molecule has 3 aliphatic rings. The van der Waals surface area contributed by atoms with Crippen LogP contribution in [0.25, 0.3) is 0 Å². The molecule has 0 N–H and O–H groups in total. The van der Waals surface area contributed by atoms with E-state index in [1.165, 1.54) is 16.2 Å². The van der Waals surface area contributed by atoms with Crippen LogP contribution in [0.5, 0.6) is 0 Å². The Kier molecular flexibility index (Phi) is 5.30. The number of imide groups is 1. The Morgan fingerprint density at radius 3 is 2.15 bits per heavy atom. The molecule has 27 heavy (non-hydrogen) atoms. The first-order valence-corrected chi connectivity index (χ1v) is 10.2. The van der Waals surface area contributed by atoms with E-state index in [1.807, 2.05) is 12.2 Å². The Labute approximate surface area is 161 Å². The maximum atomic E-state index is 12.5. The van der Waals surface area contributed by atoms with Crippen LogP contribution < -0.4 is 4.90 Å². The molecule has 5 nitrogen and oxygen atoms in total. The summed E-state index contributed by atoms with van der Waals surface area (Å²) >= 11 is 0. The number of aryl methyl sites for hydroxylation is 1. The van der Waals surface area contributed by atoms with Crippen LogP contribution in [0.15, 0.2) is 36.4 Å². The van der Waals surface area contributed by atoms with Crippen molar-refractivity contribution in [3.8, 4) is 0 Å². The number of benzene rings is 1. The van der Waals surface area contributed by atoms with Gasteiger partial charge in [-0.2, -0.15) is 0 Å². The summed E-state index contributed by atoms with van der Waals surface area (Å²) in [6.07, 6.45) is 6.42. The summed E-state index contributed by atoms with van der Waals surface area (Å²) in [5.74, 6) is -0.0854. The molecule has 2 heterocycles. The number of piperazine rings is 1. The fourth-order valence-electron chi connectivity index (χ4n) is 4.67. The average molecular weight is 367 g/mol. The molecule has 5 heteroatoms. The summed E-state index contributed by atoms with van der Waals surface area (Å²) in [6.45, 7) is 7.81. The molecule has 2 fully saturated rings. The van der Waals surface area contributed by atoms with Gasteiger partial charge in [-0.05, 0) is 44.4 Å². The summed E-state index contributed by atoms with van der Waals surface area (Å²) in [7, 11) is 0. The largest absolute Gasteiger partial charge is 0.369 e. The van der Waals surface area contributed by atoms with E-state index in [0.29, 0.717) is 6.54 Å². The van der Waals surface area contributed by atoms with Gasteiger partial charge in [0.1, 0.15) is 0 Å². The highest BCUT2D eigenvalue weighted by atomic mass is 16.2. The molecule has 0 radical (unpaired) electrons. The standard InChI is InChI=1S/C22H29N3O2/c1-17-7-2-5-10-20(17)24-15-13-23(14-16-24)11-6-12-25-21(26)18-8-3-4-9-19(18)22(25)27/h2-5,7,10,18-19H,6,8-9,11-16H2,1H3. The maximum absolute atomic E-state index is 12.5. The number of carbonyl (C=O) groups excluding carboxylic acids is 2. The number of hydrogen-bond donors (Lipinski definition) is 0. The van der Waals surface area contributed by atoms with Crippen LogP contribution >= 0.6 is 0 Å². The zero-order valence-corrected chi connectivity index (χ0v) is 16.1. The fraction of sp³-hybridized carbons (Fsp3) is 0.545. The lowest BCUT2D eigenvalue weighted by Crippen LogP contribution is -2.47. The van der Waals surface area contributed by atoms with Gasteiger partial charge in [0.15, 0.2) is 0 Å². The van der Waals surface area contributed by atoms with E-state index in [-0.39, 0.29) is 23.7 Å². The molecule has 1 aromatic carbocycles. The lowest BCUT2D eigenvalue weighted by atomic mass is 9.85. The normalized spacial score (nSPS) is 26.0. The van der Waals surface area contributed by atoms with Crippen molar-refractivity contribution in [2.75, 3.05) is 44.2 Å². The Bertz CT molecular complexity index is 711. The van der Waals surface area contributed by atoms with Crippen LogP contribution in [0.4, 0.5) is 5.69 Å². The van der Waals surface area contributed by atoms with Crippen LogP contribution in [0.1, 0.15) is 24.8 Å². The number of nitrogens with zero attached hydrogens (tertiary/aromatic N) is 3. The molecular weight excluding hydrogens is 338 g/mol. The molecule has 1 aromatic rings. The topological polar surface area (TPSA) is 43.9 Å². The summed E-state index contributed by atoms with van der Waals surface area (Å²) in [6, 6.07) is 8.55. The minimum absolute atomic E-state index is 0.0544. The average Bonchev–Trinajstić information content (AvgIpc) is 2.94. The number of para-hydroxylation sites is 1. The van der Waals surface area contributed by atoms with Crippen molar-refractivity contribution < 1.29 is 9.59 Å². The molecule has 2 unspecified atom stereocenters. The molecule has 2 atom stereocenters. The molecule has 0 saturated carbocycles. The van der Waals surface area contributed by atoms with Gasteiger partial charge in [-0.1, -0.05) is 30.4 Å². The highest BCUT2D eigenvalue weighted by Gasteiger charge is 2.46. The SMILES string of the molecule is Cc1ccccc1N1CCN(CCCN2C(=O)C3CC=CCC3C2=O)CC1. The number of carbonyl (C=O) groups is 2. The summed E-state index contributed by atoms with van der Waals surface area (Å²) in [5, 5.41) is 0. The van der Waals surface area contributed by atoms with Crippen molar-refractivity contribution in [2.24, 2.45) is 11.8 Å². The first-order chi connectivity index (χ1) is 13.1. The zero-order valence-electron chi connectivity index (χ0n) is 16.1. The van der Waals surface area contributed by atoms with E-state index < -0.39 is 0 Å². The molecule has 0 spiro atoms. The van der Waals surface area contributed by atoms with Crippen molar-refractivity contribution in [3.63, 3.8) is 0 Å². The van der Waals surface area contributed by atoms with Gasteiger partial charge < -0.3 is 4.90 Å². The minimum atomic E-state index is -0.0971. The maximum Gasteiger partial charge on any atom is 0.233 e. The third kappa shape index (κ3) is 3.65. The van der Waals surface area contributed by atoms with Gasteiger partial charge >= 0.3 is 0 Å². The Balaban J connectivity index is 1.24. The summed E-state index contributed by atoms with van der Waals surface area (Å²) in [5.41, 5.74) is 2.66. The molecule has 4 rings (SSSR count). The van der Waals surface area contributed by atoms with Crippen LogP contribution in [0, 0.1) is 18.8 Å². The van der Waals surface area contributed by atoms with Crippen molar-refractivity contribution in [3.05, 3.63) is 42.0 Å². The molecule has 0 bridgehead atoms. The second-order valence-corrected chi connectivity index (χ2v) is 7.95. The van der Waals surface area contributed by atoms with Gasteiger partial charge in [-0.25, -0.2) is 0 Å². The van der Waals surface area contributed by atoms with Gasteiger partial charge in [-0.3, -0.25) is 19.4 Å². The van der Waals surface area contributed by atoms with Crippen LogP contribution in [-0.2, 0) is 9.59 Å². The van der Waals surface area contributed by atoms with Crippen LogP contribution in [0.3, 0.4) is 0 Å². The van der Waals surface area contributed by atoms with Crippen molar-refractivity contribution in [1.29, 1.82) is 0 Å². The predicted octanol–water partition coefficient (Wildman–Crippen LogP) is 2.46. The van der Waals surface area contributed by atoms with Gasteiger partial charge in [0.2, 0.25) is 11.8 Å². The molecule has 2 aliphatic heterocycles. The van der Waals surface area contributed by atoms with Gasteiger partial charge in [0.05, 0.1) is 11.8 Å². The van der Waals surface area contributed by atoms with Gasteiger partial charge in [0.25, 0.3) is 0 Å². The Morgan fingerprint density at radius 2 is 1.52 bits per heavy atom. The number of allylic oxidation sites excluding steroid dienone is 2. The first-order valence-electron chi connectivity index (χ1n) is 10.2. The number of amides is 2. The number of hydrogen-bond acceptors (Lipinski definition) is 4. The van der Waals surface area contributed by atoms with Crippen LogP contribution in [-0.4, -0.2) is 60.9 Å². The monoisotopic (exact) mass is 367 g/mol. The lowest BCUT2D eigenvalue weighted by Gasteiger charge is -2.37. The molecule has 2 amide bonds. The van der Waals surface area contributed by atoms with E-state index in [2.05, 4.69) is 41.0 Å². The fourth-order valence-corrected chi connectivity index (χ4v) is 4.67.